The van der Waals surface area contributed by atoms with Gasteiger partial charge in [-0.05, 0) is 25.1 Å². The summed E-state index contributed by atoms with van der Waals surface area (Å²) in [5.74, 6) is 0.650. The molecule has 0 spiro atoms. The summed E-state index contributed by atoms with van der Waals surface area (Å²) in [7, 11) is 0. The normalized spacial score (nSPS) is 16.9. The van der Waals surface area contributed by atoms with Gasteiger partial charge in [0.05, 0.1) is 18.3 Å². The quantitative estimate of drug-likeness (QED) is 0.626. The number of hydrogen-bond donors (Lipinski definition) is 0. The van der Waals surface area contributed by atoms with E-state index < -0.39 is 0 Å². The van der Waals surface area contributed by atoms with E-state index in [0.29, 0.717) is 12.4 Å². The van der Waals surface area contributed by atoms with Crippen LogP contribution in [0.3, 0.4) is 0 Å². The number of rotatable bonds is 6. The Bertz CT molecular complexity index is 934. The molecule has 146 valence electrons. The first-order valence-corrected chi connectivity index (χ1v) is 9.42. The summed E-state index contributed by atoms with van der Waals surface area (Å²) in [5, 5.41) is 8.20. The second kappa shape index (κ2) is 8.41. The van der Waals surface area contributed by atoms with Crippen LogP contribution in [0.25, 0.3) is 11.3 Å². The maximum atomic E-state index is 12.2. The van der Waals surface area contributed by atoms with E-state index in [4.69, 9.17) is 4.52 Å². The monoisotopic (exact) mass is 381 g/mol. The molecule has 0 aliphatic carbocycles. The number of hydrogen-bond acceptors (Lipinski definition) is 8. The third-order valence-corrected chi connectivity index (χ3v) is 5.16. The molecular weight excluding hydrogens is 358 g/mol. The van der Waals surface area contributed by atoms with Gasteiger partial charge >= 0.3 is 0 Å². The molecule has 0 N–H and O–H groups in total. The predicted octanol–water partition coefficient (Wildman–Crippen LogP) is 1.07. The Morgan fingerprint density at radius 3 is 2.57 bits per heavy atom. The third kappa shape index (κ3) is 4.15. The van der Waals surface area contributed by atoms with Gasteiger partial charge in [-0.3, -0.25) is 19.6 Å². The van der Waals surface area contributed by atoms with Gasteiger partial charge in [-0.2, -0.15) is 10.1 Å². The fraction of sp³-hybridized carbons (Fsp3) is 0.421. The molecule has 0 radical (unpaired) electrons. The molecule has 9 nitrogen and oxygen atoms in total. The van der Waals surface area contributed by atoms with E-state index in [2.05, 4.69) is 36.9 Å². The lowest BCUT2D eigenvalue weighted by molar-refractivity contribution is 0.0856. The van der Waals surface area contributed by atoms with Gasteiger partial charge in [0.1, 0.15) is 0 Å². The van der Waals surface area contributed by atoms with E-state index in [1.54, 1.807) is 29.2 Å². The van der Waals surface area contributed by atoms with Crippen LogP contribution in [-0.4, -0.2) is 67.4 Å². The standard InChI is InChI=1S/C19H23N7O2/c1-15(19-21-14-22-28-19)25-11-8-24(9-12-25)10-13-26-18(27)3-2-17(23-26)16-4-6-20-7-5-16/h2-7,14-15H,8-13H2,1H3. The first-order valence-electron chi connectivity index (χ1n) is 9.42. The molecule has 1 aliphatic rings. The molecule has 0 bridgehead atoms. The SMILES string of the molecule is CC(c1ncno1)N1CCN(CCn2nc(-c3ccncc3)ccc2=O)CC1. The molecule has 28 heavy (non-hydrogen) atoms. The maximum absolute atomic E-state index is 12.2. The zero-order valence-corrected chi connectivity index (χ0v) is 15.8. The average Bonchev–Trinajstić information content (AvgIpc) is 3.29. The van der Waals surface area contributed by atoms with Crippen molar-refractivity contribution in [3.05, 3.63) is 59.2 Å². The van der Waals surface area contributed by atoms with Crippen LogP contribution < -0.4 is 5.56 Å². The maximum Gasteiger partial charge on any atom is 0.266 e. The molecule has 1 atom stereocenters. The van der Waals surface area contributed by atoms with Crippen molar-refractivity contribution in [2.24, 2.45) is 0 Å². The smallest absolute Gasteiger partial charge is 0.266 e. The Hall–Kier alpha value is -2.91. The summed E-state index contributed by atoms with van der Waals surface area (Å²) < 4.78 is 6.72. The van der Waals surface area contributed by atoms with Crippen LogP contribution in [0, 0.1) is 0 Å². The van der Waals surface area contributed by atoms with E-state index in [-0.39, 0.29) is 11.6 Å². The Kier molecular flexibility index (Phi) is 5.54. The first-order chi connectivity index (χ1) is 13.7. The zero-order chi connectivity index (χ0) is 19.3. The van der Waals surface area contributed by atoms with E-state index in [1.165, 1.54) is 6.33 Å². The molecule has 3 aromatic rings. The molecule has 9 heteroatoms. The summed E-state index contributed by atoms with van der Waals surface area (Å²) in [6, 6.07) is 7.23. The van der Waals surface area contributed by atoms with Gasteiger partial charge in [0.25, 0.3) is 5.56 Å². The van der Waals surface area contributed by atoms with Gasteiger partial charge in [-0.25, -0.2) is 4.68 Å². The lowest BCUT2D eigenvalue weighted by atomic mass is 10.2. The van der Waals surface area contributed by atoms with Gasteiger partial charge in [0.15, 0.2) is 6.33 Å². The van der Waals surface area contributed by atoms with E-state index in [0.717, 1.165) is 44.0 Å². The highest BCUT2D eigenvalue weighted by Crippen LogP contribution is 2.19. The molecule has 0 amide bonds. The lowest BCUT2D eigenvalue weighted by Gasteiger charge is -2.36. The van der Waals surface area contributed by atoms with Crippen molar-refractivity contribution in [2.45, 2.75) is 19.5 Å². The number of piperazine rings is 1. The summed E-state index contributed by atoms with van der Waals surface area (Å²) in [6.45, 7) is 7.13. The van der Waals surface area contributed by atoms with Crippen molar-refractivity contribution < 1.29 is 4.52 Å². The zero-order valence-electron chi connectivity index (χ0n) is 15.8. The predicted molar refractivity (Wildman–Crippen MR) is 102 cm³/mol. The molecule has 1 aliphatic heterocycles. The summed E-state index contributed by atoms with van der Waals surface area (Å²) >= 11 is 0. The Morgan fingerprint density at radius 1 is 1.07 bits per heavy atom. The van der Waals surface area contributed by atoms with Crippen LogP contribution in [0.2, 0.25) is 0 Å². The van der Waals surface area contributed by atoms with Crippen molar-refractivity contribution in [2.75, 3.05) is 32.7 Å². The van der Waals surface area contributed by atoms with Gasteiger partial charge in [-0.1, -0.05) is 5.16 Å². The van der Waals surface area contributed by atoms with Crippen LogP contribution in [-0.2, 0) is 6.54 Å². The Balaban J connectivity index is 1.34. The fourth-order valence-corrected chi connectivity index (χ4v) is 3.42. The third-order valence-electron chi connectivity index (χ3n) is 5.16. The van der Waals surface area contributed by atoms with Crippen molar-refractivity contribution >= 4 is 0 Å². The molecule has 0 saturated carbocycles. The second-order valence-corrected chi connectivity index (χ2v) is 6.85. The minimum absolute atomic E-state index is 0.0820. The van der Waals surface area contributed by atoms with Crippen LogP contribution in [0.1, 0.15) is 18.9 Å². The van der Waals surface area contributed by atoms with Crippen LogP contribution in [0.5, 0.6) is 0 Å². The Morgan fingerprint density at radius 2 is 1.86 bits per heavy atom. The molecular formula is C19H23N7O2. The summed E-state index contributed by atoms with van der Waals surface area (Å²) in [5.41, 5.74) is 1.65. The highest BCUT2D eigenvalue weighted by molar-refractivity contribution is 5.56. The molecule has 1 saturated heterocycles. The minimum atomic E-state index is -0.0820. The number of nitrogens with zero attached hydrogens (tertiary/aromatic N) is 7. The lowest BCUT2D eigenvalue weighted by Crippen LogP contribution is -2.48. The van der Waals surface area contributed by atoms with Crippen LogP contribution >= 0.6 is 0 Å². The topological polar surface area (TPSA) is 93.2 Å². The van der Waals surface area contributed by atoms with Gasteiger partial charge in [0, 0.05) is 56.7 Å². The largest absolute Gasteiger partial charge is 0.338 e. The number of aromatic nitrogens is 5. The molecule has 4 heterocycles. The highest BCUT2D eigenvalue weighted by atomic mass is 16.5. The molecule has 1 unspecified atom stereocenters. The molecule has 3 aromatic heterocycles. The van der Waals surface area contributed by atoms with Gasteiger partial charge in [0.2, 0.25) is 5.89 Å². The van der Waals surface area contributed by atoms with Crippen LogP contribution in [0.4, 0.5) is 0 Å². The first kappa shape index (κ1) is 18.5. The Labute approximate surface area is 162 Å². The minimum Gasteiger partial charge on any atom is -0.338 e. The average molecular weight is 381 g/mol. The second-order valence-electron chi connectivity index (χ2n) is 6.85. The van der Waals surface area contributed by atoms with Crippen molar-refractivity contribution in [3.63, 3.8) is 0 Å². The van der Waals surface area contributed by atoms with Gasteiger partial charge in [-0.15, -0.1) is 0 Å². The van der Waals surface area contributed by atoms with E-state index >= 15 is 0 Å². The van der Waals surface area contributed by atoms with E-state index in [9.17, 15) is 4.79 Å². The van der Waals surface area contributed by atoms with Crippen molar-refractivity contribution in [1.82, 2.24) is 34.7 Å². The van der Waals surface area contributed by atoms with Crippen LogP contribution in [0.15, 0.2) is 52.3 Å². The highest BCUT2D eigenvalue weighted by Gasteiger charge is 2.24. The van der Waals surface area contributed by atoms with Gasteiger partial charge < -0.3 is 4.52 Å². The van der Waals surface area contributed by atoms with Crippen molar-refractivity contribution in [1.29, 1.82) is 0 Å². The van der Waals surface area contributed by atoms with Crippen molar-refractivity contribution in [3.8, 4) is 11.3 Å². The molecule has 0 aromatic carbocycles. The molecule has 1 fully saturated rings. The number of pyridine rings is 1. The van der Waals surface area contributed by atoms with E-state index in [1.807, 2.05) is 12.1 Å². The fourth-order valence-electron chi connectivity index (χ4n) is 3.42. The summed E-state index contributed by atoms with van der Waals surface area (Å²) in [4.78, 5) is 25.0. The molecule has 4 rings (SSSR count). The summed E-state index contributed by atoms with van der Waals surface area (Å²) in [6.07, 6.45) is 4.88.